The van der Waals surface area contributed by atoms with E-state index in [1.807, 2.05) is 6.92 Å². The van der Waals surface area contributed by atoms with Crippen LogP contribution in [0.4, 0.5) is 0 Å². The third-order valence-corrected chi connectivity index (χ3v) is 6.18. The molecular formula is C28H56O4. The van der Waals surface area contributed by atoms with Crippen LogP contribution in [-0.2, 0) is 14.3 Å². The van der Waals surface area contributed by atoms with Crippen LogP contribution in [0.1, 0.15) is 149 Å². The van der Waals surface area contributed by atoms with Crippen molar-refractivity contribution in [3.05, 3.63) is 0 Å². The third kappa shape index (κ3) is 24.0. The van der Waals surface area contributed by atoms with Gasteiger partial charge in [-0.25, -0.2) is 0 Å². The minimum atomic E-state index is -0.519. The maximum absolute atomic E-state index is 11.6. The normalized spacial score (nSPS) is 12.2. The molecule has 0 bridgehead atoms. The van der Waals surface area contributed by atoms with E-state index in [9.17, 15) is 9.90 Å². The minimum Gasteiger partial charge on any atom is -0.457 e. The summed E-state index contributed by atoms with van der Waals surface area (Å²) < 4.78 is 10.8. The first-order valence-corrected chi connectivity index (χ1v) is 14.1. The lowest BCUT2D eigenvalue weighted by Crippen LogP contribution is -2.27. The standard InChI is InChI=1S/C28H56O4/c1-3-5-7-8-9-10-11-12-13-14-15-16-17-18-19-20-21-22-24-31-26-27(25-29)32-28(30)23-6-4-2/h27,29H,3-26H2,1-2H3. The molecule has 0 rings (SSSR count). The van der Waals surface area contributed by atoms with Crippen molar-refractivity contribution in [1.82, 2.24) is 0 Å². The monoisotopic (exact) mass is 456 g/mol. The summed E-state index contributed by atoms with van der Waals surface area (Å²) in [4.78, 5) is 11.6. The Kier molecular flexibility index (Phi) is 26.1. The van der Waals surface area contributed by atoms with Gasteiger partial charge in [0.05, 0.1) is 13.2 Å². The van der Waals surface area contributed by atoms with Gasteiger partial charge in [-0.2, -0.15) is 0 Å². The summed E-state index contributed by atoms with van der Waals surface area (Å²) in [6.45, 7) is 5.14. The molecule has 0 aliphatic carbocycles. The van der Waals surface area contributed by atoms with Crippen LogP contribution in [0.5, 0.6) is 0 Å². The fraction of sp³-hybridized carbons (Fsp3) is 0.964. The number of hydrogen-bond acceptors (Lipinski definition) is 4. The van der Waals surface area contributed by atoms with Crippen LogP contribution in [-0.4, -0.2) is 37.0 Å². The molecule has 1 atom stereocenters. The lowest BCUT2D eigenvalue weighted by atomic mass is 10.0. The van der Waals surface area contributed by atoms with Gasteiger partial charge in [-0.15, -0.1) is 0 Å². The molecule has 0 aromatic heterocycles. The second-order valence-corrected chi connectivity index (χ2v) is 9.48. The first-order chi connectivity index (χ1) is 15.7. The van der Waals surface area contributed by atoms with E-state index in [2.05, 4.69) is 6.92 Å². The number of unbranched alkanes of at least 4 members (excludes halogenated alkanes) is 18. The van der Waals surface area contributed by atoms with E-state index in [4.69, 9.17) is 9.47 Å². The summed E-state index contributed by atoms with van der Waals surface area (Å²) in [5.41, 5.74) is 0. The van der Waals surface area contributed by atoms with Crippen molar-refractivity contribution in [1.29, 1.82) is 0 Å². The van der Waals surface area contributed by atoms with Crippen molar-refractivity contribution in [2.75, 3.05) is 19.8 Å². The van der Waals surface area contributed by atoms with Crippen molar-refractivity contribution >= 4 is 5.97 Å². The van der Waals surface area contributed by atoms with Gasteiger partial charge >= 0.3 is 5.97 Å². The minimum absolute atomic E-state index is 0.170. The molecule has 0 heterocycles. The molecule has 0 saturated carbocycles. The van der Waals surface area contributed by atoms with Gasteiger partial charge in [0.2, 0.25) is 0 Å². The van der Waals surface area contributed by atoms with Crippen molar-refractivity contribution in [2.45, 2.75) is 155 Å². The summed E-state index contributed by atoms with van der Waals surface area (Å²) in [6, 6.07) is 0. The van der Waals surface area contributed by atoms with Crippen LogP contribution in [0, 0.1) is 0 Å². The Hall–Kier alpha value is -0.610. The highest BCUT2D eigenvalue weighted by Gasteiger charge is 2.13. The first-order valence-electron chi connectivity index (χ1n) is 14.1. The van der Waals surface area contributed by atoms with E-state index in [1.54, 1.807) is 0 Å². The predicted molar refractivity (Wildman–Crippen MR) is 136 cm³/mol. The molecule has 1 unspecified atom stereocenters. The fourth-order valence-electron chi connectivity index (χ4n) is 4.01. The summed E-state index contributed by atoms with van der Waals surface area (Å²) in [7, 11) is 0. The zero-order valence-electron chi connectivity index (χ0n) is 21.7. The molecule has 0 saturated heterocycles. The molecule has 4 heteroatoms. The molecule has 32 heavy (non-hydrogen) atoms. The van der Waals surface area contributed by atoms with E-state index in [1.165, 1.54) is 109 Å². The number of carbonyl (C=O) groups excluding carboxylic acids is 1. The topological polar surface area (TPSA) is 55.8 Å². The van der Waals surface area contributed by atoms with Crippen LogP contribution in [0.2, 0.25) is 0 Å². The van der Waals surface area contributed by atoms with Crippen molar-refractivity contribution in [2.24, 2.45) is 0 Å². The van der Waals surface area contributed by atoms with Gasteiger partial charge in [0.15, 0.2) is 0 Å². The lowest BCUT2D eigenvalue weighted by Gasteiger charge is -2.15. The molecule has 0 radical (unpaired) electrons. The molecule has 0 amide bonds. The van der Waals surface area contributed by atoms with Gasteiger partial charge in [-0.1, -0.05) is 129 Å². The second kappa shape index (κ2) is 26.6. The Balaban J connectivity index is 3.23. The van der Waals surface area contributed by atoms with Gasteiger partial charge in [0.1, 0.15) is 6.10 Å². The number of esters is 1. The Bertz CT molecular complexity index is 372. The Labute approximate surface area is 200 Å². The Morgan fingerprint density at radius 3 is 1.44 bits per heavy atom. The highest BCUT2D eigenvalue weighted by molar-refractivity contribution is 5.69. The van der Waals surface area contributed by atoms with E-state index in [-0.39, 0.29) is 12.6 Å². The van der Waals surface area contributed by atoms with Crippen molar-refractivity contribution in [3.63, 3.8) is 0 Å². The van der Waals surface area contributed by atoms with Crippen LogP contribution < -0.4 is 0 Å². The summed E-state index contributed by atoms with van der Waals surface area (Å²) in [6.07, 6.45) is 26.4. The fourth-order valence-corrected chi connectivity index (χ4v) is 4.01. The van der Waals surface area contributed by atoms with Gasteiger partial charge in [0.25, 0.3) is 0 Å². The molecule has 0 aliphatic heterocycles. The van der Waals surface area contributed by atoms with Crippen LogP contribution >= 0.6 is 0 Å². The number of hydrogen-bond donors (Lipinski definition) is 1. The van der Waals surface area contributed by atoms with Gasteiger partial charge in [0, 0.05) is 13.0 Å². The summed E-state index contributed by atoms with van der Waals surface area (Å²) in [5.74, 6) is -0.234. The number of ether oxygens (including phenoxy) is 2. The highest BCUT2D eigenvalue weighted by Crippen LogP contribution is 2.14. The van der Waals surface area contributed by atoms with Crippen LogP contribution in [0.25, 0.3) is 0 Å². The van der Waals surface area contributed by atoms with Gasteiger partial charge in [-0.05, 0) is 12.8 Å². The molecule has 0 fully saturated rings. The zero-order valence-corrected chi connectivity index (χ0v) is 21.7. The van der Waals surface area contributed by atoms with E-state index in [0.717, 1.165) is 19.3 Å². The molecule has 0 aliphatic rings. The lowest BCUT2D eigenvalue weighted by molar-refractivity contribution is -0.154. The molecule has 0 aromatic carbocycles. The number of aliphatic hydroxyl groups excluding tert-OH is 1. The highest BCUT2D eigenvalue weighted by atomic mass is 16.6. The number of rotatable bonds is 26. The van der Waals surface area contributed by atoms with Gasteiger partial charge in [-0.3, -0.25) is 4.79 Å². The second-order valence-electron chi connectivity index (χ2n) is 9.48. The largest absolute Gasteiger partial charge is 0.457 e. The van der Waals surface area contributed by atoms with E-state index >= 15 is 0 Å². The maximum atomic E-state index is 11.6. The SMILES string of the molecule is CCCCCCCCCCCCCCCCCCCCOCC(CO)OC(=O)CCCC. The Morgan fingerprint density at radius 1 is 0.625 bits per heavy atom. The molecule has 0 spiro atoms. The van der Waals surface area contributed by atoms with Crippen LogP contribution in [0.3, 0.4) is 0 Å². The van der Waals surface area contributed by atoms with E-state index < -0.39 is 6.10 Å². The average molecular weight is 457 g/mol. The first kappa shape index (κ1) is 31.4. The molecule has 4 nitrogen and oxygen atoms in total. The Morgan fingerprint density at radius 2 is 1.03 bits per heavy atom. The summed E-state index contributed by atoms with van der Waals surface area (Å²) in [5, 5.41) is 9.30. The van der Waals surface area contributed by atoms with Crippen LogP contribution in [0.15, 0.2) is 0 Å². The van der Waals surface area contributed by atoms with Gasteiger partial charge < -0.3 is 14.6 Å². The number of aliphatic hydroxyl groups is 1. The molecule has 1 N–H and O–H groups in total. The average Bonchev–Trinajstić information content (AvgIpc) is 2.80. The predicted octanol–water partition coefficient (Wildman–Crippen LogP) is 8.14. The third-order valence-electron chi connectivity index (χ3n) is 6.18. The van der Waals surface area contributed by atoms with E-state index in [0.29, 0.717) is 19.6 Å². The van der Waals surface area contributed by atoms with Crippen molar-refractivity contribution in [3.8, 4) is 0 Å². The molecule has 192 valence electrons. The van der Waals surface area contributed by atoms with Crippen molar-refractivity contribution < 1.29 is 19.4 Å². The molecule has 0 aromatic rings. The number of carbonyl (C=O) groups is 1. The zero-order chi connectivity index (χ0) is 23.5. The smallest absolute Gasteiger partial charge is 0.306 e. The maximum Gasteiger partial charge on any atom is 0.306 e. The summed E-state index contributed by atoms with van der Waals surface area (Å²) >= 11 is 0. The molecular weight excluding hydrogens is 400 g/mol. The quantitative estimate of drug-likeness (QED) is 0.105.